The van der Waals surface area contributed by atoms with Gasteiger partial charge in [0.05, 0.1) is 6.54 Å². The fourth-order valence-electron chi connectivity index (χ4n) is 1.30. The standard InChI is InChI=1S/C11H17NO3/c1-3-14-11(15-4-2)9-12-8-6-5-7-10(12)13/h5-8,11H,3-4,9H2,1-2H3. The molecule has 0 saturated carbocycles. The van der Waals surface area contributed by atoms with Crippen LogP contribution in [0.3, 0.4) is 0 Å². The van der Waals surface area contributed by atoms with Crippen LogP contribution in [0.2, 0.25) is 0 Å². The molecule has 15 heavy (non-hydrogen) atoms. The number of hydrogen-bond acceptors (Lipinski definition) is 3. The van der Waals surface area contributed by atoms with Crippen molar-refractivity contribution in [2.75, 3.05) is 13.2 Å². The molecule has 0 atom stereocenters. The maximum atomic E-state index is 11.4. The molecule has 0 aliphatic carbocycles. The van der Waals surface area contributed by atoms with E-state index in [1.54, 1.807) is 16.8 Å². The molecule has 1 heterocycles. The summed E-state index contributed by atoms with van der Waals surface area (Å²) in [5.74, 6) is 0. The van der Waals surface area contributed by atoms with E-state index < -0.39 is 0 Å². The first-order valence-corrected chi connectivity index (χ1v) is 5.16. The van der Waals surface area contributed by atoms with Gasteiger partial charge in [-0.15, -0.1) is 0 Å². The van der Waals surface area contributed by atoms with Crippen molar-refractivity contribution < 1.29 is 9.47 Å². The third-order valence-electron chi connectivity index (χ3n) is 1.95. The fourth-order valence-corrected chi connectivity index (χ4v) is 1.30. The number of hydrogen-bond donors (Lipinski definition) is 0. The van der Waals surface area contributed by atoms with Gasteiger partial charge in [0.1, 0.15) is 0 Å². The number of nitrogens with zero attached hydrogens (tertiary/aromatic N) is 1. The topological polar surface area (TPSA) is 40.5 Å². The van der Waals surface area contributed by atoms with Gasteiger partial charge in [-0.05, 0) is 19.9 Å². The molecule has 84 valence electrons. The highest BCUT2D eigenvalue weighted by molar-refractivity contribution is 4.93. The van der Waals surface area contributed by atoms with Crippen molar-refractivity contribution in [3.63, 3.8) is 0 Å². The molecule has 0 bridgehead atoms. The molecule has 0 saturated heterocycles. The van der Waals surface area contributed by atoms with Crippen LogP contribution in [0, 0.1) is 0 Å². The molecule has 1 aromatic rings. The van der Waals surface area contributed by atoms with Gasteiger partial charge in [0.2, 0.25) is 0 Å². The lowest BCUT2D eigenvalue weighted by atomic mass is 10.4. The predicted molar refractivity (Wildman–Crippen MR) is 57.7 cm³/mol. The highest BCUT2D eigenvalue weighted by atomic mass is 16.7. The van der Waals surface area contributed by atoms with Crippen molar-refractivity contribution in [2.24, 2.45) is 0 Å². The Morgan fingerprint density at radius 2 is 1.93 bits per heavy atom. The van der Waals surface area contributed by atoms with Crippen molar-refractivity contribution in [2.45, 2.75) is 26.7 Å². The Morgan fingerprint density at radius 1 is 1.27 bits per heavy atom. The fraction of sp³-hybridized carbons (Fsp3) is 0.545. The summed E-state index contributed by atoms with van der Waals surface area (Å²) in [5.41, 5.74) is -0.0399. The highest BCUT2D eigenvalue weighted by Crippen LogP contribution is 1.98. The monoisotopic (exact) mass is 211 g/mol. The van der Waals surface area contributed by atoms with Crippen LogP contribution < -0.4 is 5.56 Å². The van der Waals surface area contributed by atoms with Gasteiger partial charge in [0.15, 0.2) is 6.29 Å². The van der Waals surface area contributed by atoms with Gasteiger partial charge in [0.25, 0.3) is 5.56 Å². The van der Waals surface area contributed by atoms with E-state index in [4.69, 9.17) is 9.47 Å². The maximum Gasteiger partial charge on any atom is 0.250 e. The third-order valence-corrected chi connectivity index (χ3v) is 1.95. The molecule has 0 aliphatic rings. The Bertz CT molecular complexity index is 329. The van der Waals surface area contributed by atoms with Crippen LogP contribution in [0.25, 0.3) is 0 Å². The van der Waals surface area contributed by atoms with Crippen molar-refractivity contribution in [3.05, 3.63) is 34.7 Å². The zero-order valence-corrected chi connectivity index (χ0v) is 9.18. The zero-order chi connectivity index (χ0) is 11.1. The molecule has 0 spiro atoms. The van der Waals surface area contributed by atoms with Gasteiger partial charge in [-0.3, -0.25) is 4.79 Å². The van der Waals surface area contributed by atoms with Crippen LogP contribution in [0.15, 0.2) is 29.2 Å². The molecule has 0 unspecified atom stereocenters. The van der Waals surface area contributed by atoms with E-state index in [1.807, 2.05) is 19.9 Å². The van der Waals surface area contributed by atoms with Gasteiger partial charge in [-0.2, -0.15) is 0 Å². The number of aromatic nitrogens is 1. The van der Waals surface area contributed by atoms with E-state index in [0.717, 1.165) is 0 Å². The van der Waals surface area contributed by atoms with Crippen LogP contribution in [0.5, 0.6) is 0 Å². The highest BCUT2D eigenvalue weighted by Gasteiger charge is 2.08. The van der Waals surface area contributed by atoms with E-state index in [2.05, 4.69) is 0 Å². The molecule has 4 heteroatoms. The van der Waals surface area contributed by atoms with E-state index in [9.17, 15) is 4.79 Å². The quantitative estimate of drug-likeness (QED) is 0.665. The molecule has 1 rings (SSSR count). The van der Waals surface area contributed by atoms with E-state index in [-0.39, 0.29) is 11.8 Å². The van der Waals surface area contributed by atoms with Gasteiger partial charge in [0, 0.05) is 25.5 Å². The Balaban J connectivity index is 2.65. The second-order valence-electron chi connectivity index (χ2n) is 3.03. The van der Waals surface area contributed by atoms with Gasteiger partial charge >= 0.3 is 0 Å². The summed E-state index contributed by atoms with van der Waals surface area (Å²) in [6.07, 6.45) is 1.38. The number of ether oxygens (including phenoxy) is 2. The second kappa shape index (κ2) is 6.37. The Labute approximate surface area is 89.4 Å². The molecule has 0 N–H and O–H groups in total. The SMILES string of the molecule is CCOC(Cn1ccccc1=O)OCC. The summed E-state index contributed by atoms with van der Waals surface area (Å²) in [6, 6.07) is 5.06. The summed E-state index contributed by atoms with van der Waals surface area (Å²) < 4.78 is 12.3. The van der Waals surface area contributed by atoms with Gasteiger partial charge in [-0.1, -0.05) is 6.07 Å². The van der Waals surface area contributed by atoms with Gasteiger partial charge in [-0.25, -0.2) is 0 Å². The van der Waals surface area contributed by atoms with Crippen LogP contribution in [0.4, 0.5) is 0 Å². The van der Waals surface area contributed by atoms with E-state index in [1.165, 1.54) is 6.07 Å². The van der Waals surface area contributed by atoms with Gasteiger partial charge < -0.3 is 14.0 Å². The Hall–Kier alpha value is -1.13. The molecule has 0 radical (unpaired) electrons. The van der Waals surface area contributed by atoms with Crippen molar-refractivity contribution in [1.29, 1.82) is 0 Å². The van der Waals surface area contributed by atoms with Crippen LogP contribution in [-0.4, -0.2) is 24.1 Å². The minimum Gasteiger partial charge on any atom is -0.351 e. The average Bonchev–Trinajstić information content (AvgIpc) is 2.22. The number of rotatable bonds is 6. The first-order chi connectivity index (χ1) is 7.27. The Morgan fingerprint density at radius 3 is 2.47 bits per heavy atom. The van der Waals surface area contributed by atoms with Crippen molar-refractivity contribution >= 4 is 0 Å². The first kappa shape index (κ1) is 11.9. The molecule has 0 fully saturated rings. The van der Waals surface area contributed by atoms with Crippen molar-refractivity contribution in [1.82, 2.24) is 4.57 Å². The minimum absolute atomic E-state index is 0.0399. The summed E-state index contributed by atoms with van der Waals surface area (Å²) in [4.78, 5) is 11.4. The van der Waals surface area contributed by atoms with Crippen LogP contribution >= 0.6 is 0 Å². The summed E-state index contributed by atoms with van der Waals surface area (Å²) in [7, 11) is 0. The maximum absolute atomic E-state index is 11.4. The lowest BCUT2D eigenvalue weighted by Gasteiger charge is -2.17. The normalized spacial score (nSPS) is 10.9. The molecular formula is C11H17NO3. The first-order valence-electron chi connectivity index (χ1n) is 5.16. The number of pyridine rings is 1. The van der Waals surface area contributed by atoms with Crippen LogP contribution in [-0.2, 0) is 16.0 Å². The lowest BCUT2D eigenvalue weighted by molar-refractivity contribution is -0.143. The van der Waals surface area contributed by atoms with Crippen molar-refractivity contribution in [3.8, 4) is 0 Å². The van der Waals surface area contributed by atoms with Crippen LogP contribution in [0.1, 0.15) is 13.8 Å². The summed E-state index contributed by atoms with van der Waals surface area (Å²) in [5, 5.41) is 0. The molecule has 0 aliphatic heterocycles. The summed E-state index contributed by atoms with van der Waals surface area (Å²) >= 11 is 0. The predicted octanol–water partition coefficient (Wildman–Crippen LogP) is 1.25. The summed E-state index contributed by atoms with van der Waals surface area (Å²) in [6.45, 7) is 5.39. The van der Waals surface area contributed by atoms with E-state index >= 15 is 0 Å². The largest absolute Gasteiger partial charge is 0.351 e. The van der Waals surface area contributed by atoms with E-state index in [0.29, 0.717) is 19.8 Å². The molecule has 0 amide bonds. The Kier molecular flexibility index (Phi) is 5.07. The zero-order valence-electron chi connectivity index (χ0n) is 9.18. The lowest BCUT2D eigenvalue weighted by Crippen LogP contribution is -2.29. The molecule has 1 aromatic heterocycles. The minimum atomic E-state index is -0.347. The smallest absolute Gasteiger partial charge is 0.250 e. The molecular weight excluding hydrogens is 194 g/mol. The third kappa shape index (κ3) is 3.85. The molecule has 4 nitrogen and oxygen atoms in total. The second-order valence-corrected chi connectivity index (χ2v) is 3.03. The molecule has 0 aromatic carbocycles. The average molecular weight is 211 g/mol.